The summed E-state index contributed by atoms with van der Waals surface area (Å²) < 4.78 is 77.9. The molecule has 0 aromatic heterocycles. The molecule has 0 saturated heterocycles. The number of nitro groups is 2. The Labute approximate surface area is 145 Å². The lowest BCUT2D eigenvalue weighted by molar-refractivity contribution is -0.394. The zero-order chi connectivity index (χ0) is 20.6. The van der Waals surface area contributed by atoms with E-state index in [1.807, 2.05) is 5.32 Å². The summed E-state index contributed by atoms with van der Waals surface area (Å²) in [5.74, 6) is 0. The number of nitro benzene ring substituents is 2. The van der Waals surface area contributed by atoms with Gasteiger partial charge in [0.1, 0.15) is 5.69 Å². The van der Waals surface area contributed by atoms with Gasteiger partial charge in [-0.15, -0.1) is 0 Å². The second-order valence-corrected chi connectivity index (χ2v) is 5.10. The Bertz CT molecular complexity index is 911. The molecular weight excluding hydrogens is 388 g/mol. The van der Waals surface area contributed by atoms with Gasteiger partial charge in [-0.1, -0.05) is 6.07 Å². The lowest BCUT2D eigenvalue weighted by Gasteiger charge is -2.15. The molecule has 0 fully saturated rings. The van der Waals surface area contributed by atoms with Gasteiger partial charge in [0.15, 0.2) is 0 Å². The third-order valence-corrected chi connectivity index (χ3v) is 3.27. The molecule has 0 aliphatic rings. The molecule has 2 aromatic rings. The summed E-state index contributed by atoms with van der Waals surface area (Å²) in [5, 5.41) is 23.8. The molecule has 144 valence electrons. The van der Waals surface area contributed by atoms with Crippen LogP contribution in [0.15, 0.2) is 36.4 Å². The van der Waals surface area contributed by atoms with Gasteiger partial charge in [0, 0.05) is 11.8 Å². The summed E-state index contributed by atoms with van der Waals surface area (Å²) in [6, 6.07) is 3.29. The molecule has 0 atom stereocenters. The molecule has 0 spiro atoms. The van der Waals surface area contributed by atoms with E-state index >= 15 is 0 Å². The van der Waals surface area contributed by atoms with E-state index in [-0.39, 0.29) is 12.1 Å². The van der Waals surface area contributed by atoms with Gasteiger partial charge in [-0.05, 0) is 18.2 Å². The number of non-ortho nitro benzene ring substituents is 1. The molecule has 27 heavy (non-hydrogen) atoms. The zero-order valence-corrected chi connectivity index (χ0v) is 12.8. The van der Waals surface area contributed by atoms with Crippen LogP contribution in [-0.4, -0.2) is 9.85 Å². The van der Waals surface area contributed by atoms with Crippen molar-refractivity contribution in [1.82, 2.24) is 0 Å². The average molecular weight is 395 g/mol. The summed E-state index contributed by atoms with van der Waals surface area (Å²) in [7, 11) is 0. The van der Waals surface area contributed by atoms with E-state index in [1.54, 1.807) is 0 Å². The van der Waals surface area contributed by atoms with Gasteiger partial charge in [-0.25, -0.2) is 0 Å². The Morgan fingerprint density at radius 1 is 0.852 bits per heavy atom. The fraction of sp³-hybridized carbons (Fsp3) is 0.143. The summed E-state index contributed by atoms with van der Waals surface area (Å²) in [5.41, 5.74) is -7.20. The highest BCUT2D eigenvalue weighted by Crippen LogP contribution is 2.44. The molecular formula is C14H7F6N3O4. The van der Waals surface area contributed by atoms with Crippen LogP contribution in [0.2, 0.25) is 0 Å². The maximum absolute atomic E-state index is 13.2. The van der Waals surface area contributed by atoms with Crippen molar-refractivity contribution in [2.24, 2.45) is 0 Å². The summed E-state index contributed by atoms with van der Waals surface area (Å²) in [6.45, 7) is 0. The molecule has 0 bridgehead atoms. The first-order chi connectivity index (χ1) is 12.3. The van der Waals surface area contributed by atoms with Crippen LogP contribution in [0, 0.1) is 20.2 Å². The molecule has 0 saturated carbocycles. The predicted octanol–water partition coefficient (Wildman–Crippen LogP) is 5.28. The van der Waals surface area contributed by atoms with E-state index in [4.69, 9.17) is 0 Å². The van der Waals surface area contributed by atoms with Crippen molar-refractivity contribution in [3.63, 3.8) is 0 Å². The number of nitrogens with one attached hydrogen (secondary N) is 1. The van der Waals surface area contributed by atoms with Crippen LogP contribution in [0.3, 0.4) is 0 Å². The standard InChI is InChI=1S/C14H7F6N3O4/c15-13(16,17)7-2-1-3-8(4-7)21-12-10(14(18,19)20)5-9(22(24)25)6-11(12)23(26)27/h1-6,21H. The van der Waals surface area contributed by atoms with Crippen molar-refractivity contribution >= 4 is 22.7 Å². The van der Waals surface area contributed by atoms with Crippen molar-refractivity contribution in [1.29, 1.82) is 0 Å². The van der Waals surface area contributed by atoms with Crippen molar-refractivity contribution < 1.29 is 36.2 Å². The first-order valence-electron chi connectivity index (χ1n) is 6.79. The summed E-state index contributed by atoms with van der Waals surface area (Å²) in [4.78, 5) is 19.3. The number of alkyl halides is 6. The average Bonchev–Trinajstić information content (AvgIpc) is 2.52. The molecule has 13 heteroatoms. The minimum Gasteiger partial charge on any atom is -0.349 e. The van der Waals surface area contributed by atoms with Crippen molar-refractivity contribution in [3.8, 4) is 0 Å². The highest BCUT2D eigenvalue weighted by atomic mass is 19.4. The smallest absolute Gasteiger partial charge is 0.349 e. The second-order valence-electron chi connectivity index (χ2n) is 5.10. The van der Waals surface area contributed by atoms with Crippen LogP contribution in [0.5, 0.6) is 0 Å². The fourth-order valence-electron chi connectivity index (χ4n) is 2.13. The zero-order valence-electron chi connectivity index (χ0n) is 12.8. The third-order valence-electron chi connectivity index (χ3n) is 3.27. The molecule has 0 heterocycles. The fourth-order valence-corrected chi connectivity index (χ4v) is 2.13. The molecule has 0 radical (unpaired) electrons. The maximum atomic E-state index is 13.2. The lowest BCUT2D eigenvalue weighted by atomic mass is 10.1. The number of hydrogen-bond acceptors (Lipinski definition) is 5. The molecule has 2 rings (SSSR count). The topological polar surface area (TPSA) is 98.3 Å². The van der Waals surface area contributed by atoms with Gasteiger partial charge >= 0.3 is 12.4 Å². The number of hydrogen-bond donors (Lipinski definition) is 1. The largest absolute Gasteiger partial charge is 0.418 e. The normalized spacial score (nSPS) is 11.9. The van der Waals surface area contributed by atoms with E-state index < -0.39 is 56.1 Å². The Morgan fingerprint density at radius 2 is 1.48 bits per heavy atom. The Kier molecular flexibility index (Phi) is 4.97. The Hall–Kier alpha value is -3.38. The minimum absolute atomic E-state index is 0.0585. The van der Waals surface area contributed by atoms with Gasteiger partial charge in [0.2, 0.25) is 0 Å². The Balaban J connectivity index is 2.68. The highest BCUT2D eigenvalue weighted by molar-refractivity contribution is 5.76. The van der Waals surface area contributed by atoms with Gasteiger partial charge < -0.3 is 5.32 Å². The third kappa shape index (κ3) is 4.43. The predicted molar refractivity (Wildman–Crippen MR) is 79.5 cm³/mol. The van der Waals surface area contributed by atoms with Gasteiger partial charge in [0.05, 0.1) is 27.0 Å². The van der Waals surface area contributed by atoms with Crippen LogP contribution in [-0.2, 0) is 12.4 Å². The number of rotatable bonds is 4. The van der Waals surface area contributed by atoms with Crippen molar-refractivity contribution in [2.75, 3.05) is 5.32 Å². The van der Waals surface area contributed by atoms with E-state index in [0.29, 0.717) is 12.1 Å². The molecule has 2 aromatic carbocycles. The summed E-state index contributed by atoms with van der Waals surface area (Å²) in [6.07, 6.45) is -10.0. The quantitative estimate of drug-likeness (QED) is 0.431. The van der Waals surface area contributed by atoms with E-state index in [0.717, 1.165) is 12.1 Å². The summed E-state index contributed by atoms with van der Waals surface area (Å²) >= 11 is 0. The van der Waals surface area contributed by atoms with Crippen LogP contribution in [0.4, 0.5) is 49.1 Å². The molecule has 7 nitrogen and oxygen atoms in total. The van der Waals surface area contributed by atoms with Gasteiger partial charge in [0.25, 0.3) is 11.4 Å². The van der Waals surface area contributed by atoms with Crippen molar-refractivity contribution in [2.45, 2.75) is 12.4 Å². The van der Waals surface area contributed by atoms with E-state index in [2.05, 4.69) is 0 Å². The van der Waals surface area contributed by atoms with Gasteiger partial charge in [-0.2, -0.15) is 26.3 Å². The monoisotopic (exact) mass is 395 g/mol. The number of anilines is 2. The Morgan fingerprint density at radius 3 is 1.96 bits per heavy atom. The highest BCUT2D eigenvalue weighted by Gasteiger charge is 2.40. The van der Waals surface area contributed by atoms with Crippen LogP contribution < -0.4 is 5.32 Å². The molecule has 0 amide bonds. The molecule has 1 N–H and O–H groups in total. The maximum Gasteiger partial charge on any atom is 0.418 e. The minimum atomic E-state index is -5.25. The van der Waals surface area contributed by atoms with Crippen LogP contribution in [0.1, 0.15) is 11.1 Å². The van der Waals surface area contributed by atoms with Crippen molar-refractivity contribution in [3.05, 3.63) is 67.8 Å². The SMILES string of the molecule is O=[N+]([O-])c1cc([N+](=O)[O-])c(Nc2cccc(C(F)(F)F)c2)c(C(F)(F)F)c1. The van der Waals surface area contributed by atoms with E-state index in [1.165, 1.54) is 0 Å². The lowest BCUT2D eigenvalue weighted by Crippen LogP contribution is -2.12. The van der Waals surface area contributed by atoms with Crippen LogP contribution in [0.25, 0.3) is 0 Å². The molecule has 0 unspecified atom stereocenters. The van der Waals surface area contributed by atoms with Gasteiger partial charge in [-0.3, -0.25) is 20.2 Å². The molecule has 0 aliphatic carbocycles. The first kappa shape index (κ1) is 19.9. The number of nitrogens with zero attached hydrogens (tertiary/aromatic N) is 2. The van der Waals surface area contributed by atoms with E-state index in [9.17, 15) is 46.6 Å². The first-order valence-corrected chi connectivity index (χ1v) is 6.79. The number of benzene rings is 2. The molecule has 0 aliphatic heterocycles. The van der Waals surface area contributed by atoms with Crippen LogP contribution >= 0.6 is 0 Å². The number of halogens is 6. The second kappa shape index (κ2) is 6.74.